The van der Waals surface area contributed by atoms with Gasteiger partial charge in [0.25, 0.3) is 0 Å². The molecule has 0 aliphatic carbocycles. The normalized spacial score (nSPS) is 17.6. The third-order valence-corrected chi connectivity index (χ3v) is 3.60. The topological polar surface area (TPSA) is 41.1 Å². The standard InChI is InChI=1S/C12H15BrN2O/c1-8(10-4-2-3-5-11(10)13)15-12(16)9-6-14-7-9/h2-5,8-9,14H,6-7H2,1H3,(H,15,16). The molecule has 2 rings (SSSR count). The van der Waals surface area contributed by atoms with Crippen LogP contribution in [0.4, 0.5) is 0 Å². The van der Waals surface area contributed by atoms with Crippen LogP contribution in [0.15, 0.2) is 28.7 Å². The Hall–Kier alpha value is -0.870. The van der Waals surface area contributed by atoms with Gasteiger partial charge >= 0.3 is 0 Å². The first kappa shape index (κ1) is 11.6. The first-order valence-corrected chi connectivity index (χ1v) is 6.23. The molecule has 1 fully saturated rings. The molecule has 1 aliphatic rings. The molecule has 2 N–H and O–H groups in total. The van der Waals surface area contributed by atoms with E-state index in [4.69, 9.17) is 0 Å². The lowest BCUT2D eigenvalue weighted by molar-refractivity contribution is -0.127. The molecule has 1 saturated heterocycles. The van der Waals surface area contributed by atoms with Gasteiger partial charge in [-0.2, -0.15) is 0 Å². The van der Waals surface area contributed by atoms with E-state index < -0.39 is 0 Å². The molecule has 3 nitrogen and oxygen atoms in total. The Morgan fingerprint density at radius 1 is 1.50 bits per heavy atom. The van der Waals surface area contributed by atoms with Gasteiger partial charge in [-0.05, 0) is 18.6 Å². The summed E-state index contributed by atoms with van der Waals surface area (Å²) in [7, 11) is 0. The maximum atomic E-state index is 11.8. The molecule has 86 valence electrons. The summed E-state index contributed by atoms with van der Waals surface area (Å²) in [6, 6.07) is 8.01. The highest BCUT2D eigenvalue weighted by Crippen LogP contribution is 2.23. The van der Waals surface area contributed by atoms with Gasteiger partial charge < -0.3 is 10.6 Å². The molecule has 0 aromatic heterocycles. The smallest absolute Gasteiger partial charge is 0.226 e. The molecule has 4 heteroatoms. The average molecular weight is 283 g/mol. The molecule has 1 aromatic rings. The first-order valence-electron chi connectivity index (χ1n) is 5.44. The van der Waals surface area contributed by atoms with E-state index in [0.717, 1.165) is 23.1 Å². The van der Waals surface area contributed by atoms with Gasteiger partial charge in [-0.1, -0.05) is 34.1 Å². The lowest BCUT2D eigenvalue weighted by Crippen LogP contribution is -2.51. The second-order valence-corrected chi connectivity index (χ2v) is 4.96. The van der Waals surface area contributed by atoms with Gasteiger partial charge in [0.15, 0.2) is 0 Å². The Balaban J connectivity index is 1.99. The molecule has 0 bridgehead atoms. The SMILES string of the molecule is CC(NC(=O)C1CNC1)c1ccccc1Br. The Morgan fingerprint density at radius 2 is 2.19 bits per heavy atom. The van der Waals surface area contributed by atoms with Crippen molar-refractivity contribution < 1.29 is 4.79 Å². The van der Waals surface area contributed by atoms with E-state index in [9.17, 15) is 4.79 Å². The Kier molecular flexibility index (Phi) is 3.61. The summed E-state index contributed by atoms with van der Waals surface area (Å²) in [6.45, 7) is 3.60. The number of halogens is 1. The Morgan fingerprint density at radius 3 is 2.75 bits per heavy atom. The van der Waals surface area contributed by atoms with Crippen molar-refractivity contribution in [1.82, 2.24) is 10.6 Å². The van der Waals surface area contributed by atoms with E-state index in [-0.39, 0.29) is 17.9 Å². The molecule has 16 heavy (non-hydrogen) atoms. The summed E-state index contributed by atoms with van der Waals surface area (Å²) in [4.78, 5) is 11.8. The highest BCUT2D eigenvalue weighted by atomic mass is 79.9. The number of amides is 1. The van der Waals surface area contributed by atoms with Crippen molar-refractivity contribution in [3.63, 3.8) is 0 Å². The number of nitrogens with one attached hydrogen (secondary N) is 2. The number of hydrogen-bond donors (Lipinski definition) is 2. The summed E-state index contributed by atoms with van der Waals surface area (Å²) in [5.41, 5.74) is 1.11. The summed E-state index contributed by atoms with van der Waals surface area (Å²) in [6.07, 6.45) is 0. The quantitative estimate of drug-likeness (QED) is 0.889. The van der Waals surface area contributed by atoms with E-state index in [0.29, 0.717) is 0 Å². The van der Waals surface area contributed by atoms with E-state index >= 15 is 0 Å². The van der Waals surface area contributed by atoms with Crippen LogP contribution in [0.25, 0.3) is 0 Å². The largest absolute Gasteiger partial charge is 0.349 e. The molecule has 1 heterocycles. The molecule has 1 atom stereocenters. The van der Waals surface area contributed by atoms with Crippen LogP contribution in [-0.2, 0) is 4.79 Å². The average Bonchev–Trinajstić information content (AvgIpc) is 2.15. The van der Waals surface area contributed by atoms with Crippen LogP contribution in [-0.4, -0.2) is 19.0 Å². The highest BCUT2D eigenvalue weighted by molar-refractivity contribution is 9.10. The minimum absolute atomic E-state index is 0.0451. The van der Waals surface area contributed by atoms with Gasteiger partial charge in [0.05, 0.1) is 12.0 Å². The van der Waals surface area contributed by atoms with Gasteiger partial charge in [0.1, 0.15) is 0 Å². The molecule has 0 radical (unpaired) electrons. The van der Waals surface area contributed by atoms with Crippen LogP contribution >= 0.6 is 15.9 Å². The lowest BCUT2D eigenvalue weighted by atomic mass is 10.0. The van der Waals surface area contributed by atoms with Crippen LogP contribution < -0.4 is 10.6 Å². The number of benzene rings is 1. The van der Waals surface area contributed by atoms with Crippen molar-refractivity contribution in [2.75, 3.05) is 13.1 Å². The summed E-state index contributed by atoms with van der Waals surface area (Å²) in [5, 5.41) is 6.13. The zero-order chi connectivity index (χ0) is 11.5. The monoisotopic (exact) mass is 282 g/mol. The molecule has 1 amide bonds. The summed E-state index contributed by atoms with van der Waals surface area (Å²) in [5.74, 6) is 0.284. The fourth-order valence-corrected chi connectivity index (χ4v) is 2.34. The van der Waals surface area contributed by atoms with E-state index in [2.05, 4.69) is 26.6 Å². The molecule has 0 spiro atoms. The van der Waals surface area contributed by atoms with Gasteiger partial charge in [-0.25, -0.2) is 0 Å². The first-order chi connectivity index (χ1) is 7.68. The fourth-order valence-electron chi connectivity index (χ4n) is 1.71. The molecular formula is C12H15BrN2O. The van der Waals surface area contributed by atoms with Gasteiger partial charge in [-0.15, -0.1) is 0 Å². The van der Waals surface area contributed by atoms with Crippen LogP contribution in [0.5, 0.6) is 0 Å². The second kappa shape index (κ2) is 4.97. The third kappa shape index (κ3) is 2.44. The predicted octanol–water partition coefficient (Wildman–Crippen LogP) is 1.85. The Labute approximate surface area is 104 Å². The van der Waals surface area contributed by atoms with Crippen molar-refractivity contribution in [2.24, 2.45) is 5.92 Å². The second-order valence-electron chi connectivity index (χ2n) is 4.11. The van der Waals surface area contributed by atoms with E-state index in [1.54, 1.807) is 0 Å². The predicted molar refractivity (Wildman–Crippen MR) is 67.1 cm³/mol. The lowest BCUT2D eigenvalue weighted by Gasteiger charge is -2.27. The van der Waals surface area contributed by atoms with Crippen molar-refractivity contribution in [2.45, 2.75) is 13.0 Å². The van der Waals surface area contributed by atoms with Crippen LogP contribution in [0.3, 0.4) is 0 Å². The number of hydrogen-bond acceptors (Lipinski definition) is 2. The fraction of sp³-hybridized carbons (Fsp3) is 0.417. The molecular weight excluding hydrogens is 268 g/mol. The van der Waals surface area contributed by atoms with Crippen LogP contribution in [0.2, 0.25) is 0 Å². The van der Waals surface area contributed by atoms with Gasteiger partial charge in [-0.3, -0.25) is 4.79 Å². The summed E-state index contributed by atoms with van der Waals surface area (Å²) >= 11 is 3.49. The highest BCUT2D eigenvalue weighted by Gasteiger charge is 2.26. The third-order valence-electron chi connectivity index (χ3n) is 2.88. The number of carbonyl (C=O) groups excluding carboxylic acids is 1. The van der Waals surface area contributed by atoms with Gasteiger partial charge in [0, 0.05) is 17.6 Å². The molecule has 1 aliphatic heterocycles. The number of rotatable bonds is 3. The maximum absolute atomic E-state index is 11.8. The molecule has 0 saturated carbocycles. The number of carbonyl (C=O) groups is 1. The van der Waals surface area contributed by atoms with Crippen molar-refractivity contribution in [3.8, 4) is 0 Å². The van der Waals surface area contributed by atoms with Crippen molar-refractivity contribution in [3.05, 3.63) is 34.3 Å². The molecule has 1 aromatic carbocycles. The van der Waals surface area contributed by atoms with E-state index in [1.165, 1.54) is 0 Å². The van der Waals surface area contributed by atoms with Crippen molar-refractivity contribution in [1.29, 1.82) is 0 Å². The van der Waals surface area contributed by atoms with E-state index in [1.807, 2.05) is 31.2 Å². The van der Waals surface area contributed by atoms with Crippen LogP contribution in [0, 0.1) is 5.92 Å². The minimum atomic E-state index is 0.0451. The maximum Gasteiger partial charge on any atom is 0.226 e. The molecule has 1 unspecified atom stereocenters. The Bertz CT molecular complexity index is 390. The van der Waals surface area contributed by atoms with Crippen molar-refractivity contribution >= 4 is 21.8 Å². The van der Waals surface area contributed by atoms with Gasteiger partial charge in [0.2, 0.25) is 5.91 Å². The van der Waals surface area contributed by atoms with Crippen LogP contribution in [0.1, 0.15) is 18.5 Å². The zero-order valence-corrected chi connectivity index (χ0v) is 10.8. The zero-order valence-electron chi connectivity index (χ0n) is 9.16. The minimum Gasteiger partial charge on any atom is -0.349 e. The summed E-state index contributed by atoms with van der Waals surface area (Å²) < 4.78 is 1.04.